The van der Waals surface area contributed by atoms with Crippen molar-refractivity contribution in [2.75, 3.05) is 38.3 Å². The molecular formula is C9H15N3O3S. The number of rotatable bonds is 8. The molecule has 16 heavy (non-hydrogen) atoms. The molecule has 3 N–H and O–H groups in total. The summed E-state index contributed by atoms with van der Waals surface area (Å²) in [6.45, 7) is 1.83. The molecule has 0 spiro atoms. The lowest BCUT2D eigenvalue weighted by Gasteiger charge is -2.04. The quantitative estimate of drug-likeness (QED) is 0.633. The normalized spacial score (nSPS) is 10.3. The highest BCUT2D eigenvalue weighted by molar-refractivity contribution is 7.13. The summed E-state index contributed by atoms with van der Waals surface area (Å²) in [5, 5.41) is 4.97. The van der Waals surface area contributed by atoms with Gasteiger partial charge in [-0.2, -0.15) is 0 Å². The van der Waals surface area contributed by atoms with Gasteiger partial charge in [0.05, 0.1) is 19.8 Å². The third-order valence-corrected chi connectivity index (χ3v) is 2.23. The van der Waals surface area contributed by atoms with E-state index in [1.54, 1.807) is 11.6 Å². The Balaban J connectivity index is 1.98. The Labute approximate surface area is 97.8 Å². The monoisotopic (exact) mass is 245 g/mol. The van der Waals surface area contributed by atoms with E-state index < -0.39 is 0 Å². The van der Waals surface area contributed by atoms with Crippen LogP contribution in [0.5, 0.6) is 0 Å². The number of nitrogens with two attached hydrogens (primary N) is 1. The first-order valence-corrected chi connectivity index (χ1v) is 5.76. The van der Waals surface area contributed by atoms with Gasteiger partial charge in [-0.3, -0.25) is 10.1 Å². The molecule has 1 heterocycles. The van der Waals surface area contributed by atoms with Crippen LogP contribution >= 0.6 is 11.3 Å². The van der Waals surface area contributed by atoms with Gasteiger partial charge in [-0.15, -0.1) is 11.3 Å². The average molecular weight is 245 g/mol. The van der Waals surface area contributed by atoms with Crippen LogP contribution in [0.15, 0.2) is 11.6 Å². The Morgan fingerprint density at radius 1 is 1.44 bits per heavy atom. The Kier molecular flexibility index (Phi) is 6.66. The second-order valence-electron chi connectivity index (χ2n) is 2.84. The van der Waals surface area contributed by atoms with Crippen LogP contribution in [0, 0.1) is 0 Å². The van der Waals surface area contributed by atoms with Crippen molar-refractivity contribution in [2.24, 2.45) is 5.73 Å². The molecule has 0 aliphatic heterocycles. The number of anilines is 1. The maximum Gasteiger partial charge on any atom is 0.252 e. The first kappa shape index (κ1) is 13.0. The average Bonchev–Trinajstić information content (AvgIpc) is 2.76. The van der Waals surface area contributed by atoms with E-state index in [1.165, 1.54) is 11.3 Å². The molecule has 1 rings (SSSR count). The van der Waals surface area contributed by atoms with Gasteiger partial charge in [0.2, 0.25) is 0 Å². The molecule has 90 valence electrons. The second-order valence-corrected chi connectivity index (χ2v) is 3.73. The minimum atomic E-state index is -0.214. The summed E-state index contributed by atoms with van der Waals surface area (Å²) < 4.78 is 10.2. The SMILES string of the molecule is NCCOCCOCC(=O)Nc1nccs1. The number of nitrogens with zero attached hydrogens (tertiary/aromatic N) is 1. The number of thiazole rings is 1. The van der Waals surface area contributed by atoms with Gasteiger partial charge in [-0.25, -0.2) is 4.98 Å². The Bertz CT molecular complexity index is 292. The molecule has 0 aliphatic carbocycles. The van der Waals surface area contributed by atoms with Crippen molar-refractivity contribution in [3.05, 3.63) is 11.6 Å². The third kappa shape index (κ3) is 5.76. The fraction of sp³-hybridized carbons (Fsp3) is 0.556. The van der Waals surface area contributed by atoms with Crippen LogP contribution < -0.4 is 11.1 Å². The van der Waals surface area contributed by atoms with Crippen LogP contribution in [0.2, 0.25) is 0 Å². The summed E-state index contributed by atoms with van der Waals surface area (Å²) in [7, 11) is 0. The Hall–Kier alpha value is -1.02. The van der Waals surface area contributed by atoms with E-state index in [-0.39, 0.29) is 12.5 Å². The molecule has 1 amide bonds. The summed E-state index contributed by atoms with van der Waals surface area (Å²) in [6.07, 6.45) is 1.63. The largest absolute Gasteiger partial charge is 0.378 e. The van der Waals surface area contributed by atoms with Crippen molar-refractivity contribution >= 4 is 22.4 Å². The van der Waals surface area contributed by atoms with E-state index in [1.807, 2.05) is 0 Å². The minimum absolute atomic E-state index is 0.00552. The lowest BCUT2D eigenvalue weighted by molar-refractivity contribution is -0.121. The molecule has 0 atom stereocenters. The number of amides is 1. The highest BCUT2D eigenvalue weighted by Crippen LogP contribution is 2.09. The van der Waals surface area contributed by atoms with Crippen LogP contribution in [0.4, 0.5) is 5.13 Å². The zero-order valence-corrected chi connectivity index (χ0v) is 9.66. The third-order valence-electron chi connectivity index (χ3n) is 1.55. The van der Waals surface area contributed by atoms with Gasteiger partial charge in [0, 0.05) is 18.1 Å². The number of ether oxygens (including phenoxy) is 2. The van der Waals surface area contributed by atoms with Gasteiger partial charge in [-0.1, -0.05) is 0 Å². The van der Waals surface area contributed by atoms with Crippen LogP contribution in [0.1, 0.15) is 0 Å². The molecule has 6 nitrogen and oxygen atoms in total. The summed E-state index contributed by atoms with van der Waals surface area (Å²) in [4.78, 5) is 15.2. The molecule has 0 fully saturated rings. The Morgan fingerprint density at radius 2 is 2.25 bits per heavy atom. The number of nitrogens with one attached hydrogen (secondary N) is 1. The molecule has 0 bridgehead atoms. The molecule has 0 saturated heterocycles. The smallest absolute Gasteiger partial charge is 0.252 e. The van der Waals surface area contributed by atoms with Gasteiger partial charge in [-0.05, 0) is 0 Å². The summed E-state index contributed by atoms with van der Waals surface area (Å²) in [5.74, 6) is -0.214. The van der Waals surface area contributed by atoms with E-state index in [4.69, 9.17) is 15.2 Å². The van der Waals surface area contributed by atoms with Crippen LogP contribution in [-0.4, -0.2) is 43.9 Å². The standard InChI is InChI=1S/C9H15N3O3S/c10-1-3-14-4-5-15-7-8(13)12-9-11-2-6-16-9/h2,6H,1,3-5,7,10H2,(H,11,12,13). The van der Waals surface area contributed by atoms with Gasteiger partial charge >= 0.3 is 0 Å². The number of carbonyl (C=O) groups excluding carboxylic acids is 1. The molecule has 0 aromatic carbocycles. The molecule has 0 saturated carbocycles. The zero-order valence-electron chi connectivity index (χ0n) is 8.85. The summed E-state index contributed by atoms with van der Waals surface area (Å²) >= 11 is 1.36. The van der Waals surface area contributed by atoms with E-state index in [0.29, 0.717) is 31.5 Å². The molecule has 0 aliphatic rings. The zero-order chi connectivity index (χ0) is 11.6. The summed E-state index contributed by atoms with van der Waals surface area (Å²) in [5.41, 5.74) is 5.23. The number of hydrogen-bond donors (Lipinski definition) is 2. The van der Waals surface area contributed by atoms with Crippen molar-refractivity contribution in [3.63, 3.8) is 0 Å². The van der Waals surface area contributed by atoms with E-state index in [9.17, 15) is 4.79 Å². The van der Waals surface area contributed by atoms with Crippen molar-refractivity contribution in [1.82, 2.24) is 4.98 Å². The first-order valence-electron chi connectivity index (χ1n) is 4.88. The van der Waals surface area contributed by atoms with Crippen molar-refractivity contribution < 1.29 is 14.3 Å². The van der Waals surface area contributed by atoms with Gasteiger partial charge in [0.1, 0.15) is 6.61 Å². The number of hydrogen-bond acceptors (Lipinski definition) is 6. The van der Waals surface area contributed by atoms with Gasteiger partial charge in [0.15, 0.2) is 5.13 Å². The van der Waals surface area contributed by atoms with Crippen molar-refractivity contribution in [2.45, 2.75) is 0 Å². The van der Waals surface area contributed by atoms with E-state index in [0.717, 1.165) is 0 Å². The lowest BCUT2D eigenvalue weighted by Crippen LogP contribution is -2.20. The molecular weight excluding hydrogens is 230 g/mol. The van der Waals surface area contributed by atoms with Crippen LogP contribution in [0.3, 0.4) is 0 Å². The predicted octanol–water partition coefficient (Wildman–Crippen LogP) is 0.0735. The highest BCUT2D eigenvalue weighted by atomic mass is 32.1. The maximum absolute atomic E-state index is 11.3. The topological polar surface area (TPSA) is 86.5 Å². The first-order chi connectivity index (χ1) is 7.83. The molecule has 1 aromatic heterocycles. The minimum Gasteiger partial charge on any atom is -0.378 e. The summed E-state index contributed by atoms with van der Waals surface area (Å²) in [6, 6.07) is 0. The number of aromatic nitrogens is 1. The van der Waals surface area contributed by atoms with Gasteiger partial charge < -0.3 is 15.2 Å². The fourth-order valence-electron chi connectivity index (χ4n) is 0.909. The molecule has 0 radical (unpaired) electrons. The van der Waals surface area contributed by atoms with Crippen LogP contribution in [-0.2, 0) is 14.3 Å². The molecule has 0 unspecified atom stereocenters. The molecule has 7 heteroatoms. The highest BCUT2D eigenvalue weighted by Gasteiger charge is 2.03. The van der Waals surface area contributed by atoms with Crippen molar-refractivity contribution in [3.8, 4) is 0 Å². The van der Waals surface area contributed by atoms with E-state index in [2.05, 4.69) is 10.3 Å². The molecule has 1 aromatic rings. The maximum atomic E-state index is 11.3. The van der Waals surface area contributed by atoms with Crippen LogP contribution in [0.25, 0.3) is 0 Å². The number of carbonyl (C=O) groups is 1. The second kappa shape index (κ2) is 8.17. The Morgan fingerprint density at radius 3 is 2.94 bits per heavy atom. The van der Waals surface area contributed by atoms with Gasteiger partial charge in [0.25, 0.3) is 5.91 Å². The predicted molar refractivity (Wildman–Crippen MR) is 61.4 cm³/mol. The fourth-order valence-corrected chi connectivity index (χ4v) is 1.45. The lowest BCUT2D eigenvalue weighted by atomic mass is 10.6. The van der Waals surface area contributed by atoms with Crippen molar-refractivity contribution in [1.29, 1.82) is 0 Å². The van der Waals surface area contributed by atoms with E-state index >= 15 is 0 Å².